The van der Waals surface area contributed by atoms with Crippen LogP contribution in [0.15, 0.2) is 0 Å². The molecule has 4 nitrogen and oxygen atoms in total. The number of aliphatic hydroxyl groups excluding tert-OH is 1. The largest absolute Gasteiger partial charge is 0.393 e. The zero-order valence-corrected chi connectivity index (χ0v) is 13.8. The zero-order chi connectivity index (χ0) is 15.1. The Morgan fingerprint density at radius 3 is 2.67 bits per heavy atom. The van der Waals surface area contributed by atoms with Gasteiger partial charge in [-0.2, -0.15) is 0 Å². The fraction of sp³-hybridized carbons (Fsp3) is 1.00. The minimum absolute atomic E-state index is 0.162. The lowest BCUT2D eigenvalue weighted by Crippen LogP contribution is -2.53. The number of likely N-dealkylation sites (tertiary alicyclic amines) is 1. The molecule has 21 heavy (non-hydrogen) atoms. The second kappa shape index (κ2) is 9.09. The fourth-order valence-electron chi connectivity index (χ4n) is 4.08. The molecule has 2 aliphatic rings. The van der Waals surface area contributed by atoms with Crippen LogP contribution in [0.2, 0.25) is 0 Å². The maximum Gasteiger partial charge on any atom is 0.0578 e. The third-order valence-corrected chi connectivity index (χ3v) is 5.39. The number of hydrogen-bond acceptors (Lipinski definition) is 4. The average molecular weight is 297 g/mol. The van der Waals surface area contributed by atoms with Crippen LogP contribution in [0.5, 0.6) is 0 Å². The van der Waals surface area contributed by atoms with Gasteiger partial charge in [-0.25, -0.2) is 0 Å². The Bertz CT molecular complexity index is 281. The maximum absolute atomic E-state index is 10.2. The Morgan fingerprint density at radius 1 is 1.24 bits per heavy atom. The highest BCUT2D eigenvalue weighted by Gasteiger charge is 2.30. The van der Waals surface area contributed by atoms with Gasteiger partial charge in [0.25, 0.3) is 0 Å². The lowest BCUT2D eigenvalue weighted by molar-refractivity contribution is 0.0358. The SMILES string of the molecule is CCC(O)C1CC(NCC2CCCCC2)CN(CCN)C1. The summed E-state index contributed by atoms with van der Waals surface area (Å²) in [6, 6.07) is 0.526. The molecule has 1 aliphatic carbocycles. The Hall–Kier alpha value is -0.160. The summed E-state index contributed by atoms with van der Waals surface area (Å²) in [4.78, 5) is 2.44. The summed E-state index contributed by atoms with van der Waals surface area (Å²) in [6.07, 6.45) is 8.85. The van der Waals surface area contributed by atoms with Crippen LogP contribution in [-0.2, 0) is 0 Å². The van der Waals surface area contributed by atoms with Crippen molar-refractivity contribution in [1.82, 2.24) is 10.2 Å². The highest BCUT2D eigenvalue weighted by atomic mass is 16.3. The molecule has 2 rings (SSSR count). The van der Waals surface area contributed by atoms with Crippen molar-refractivity contribution in [2.45, 2.75) is 64.0 Å². The molecule has 4 N–H and O–H groups in total. The van der Waals surface area contributed by atoms with Crippen LogP contribution in [0.4, 0.5) is 0 Å². The molecule has 1 heterocycles. The molecule has 0 spiro atoms. The summed E-state index contributed by atoms with van der Waals surface area (Å²) >= 11 is 0. The standard InChI is InChI=1S/C17H35N3O/c1-2-17(21)15-10-16(13-20(12-15)9-8-18)19-11-14-6-4-3-5-7-14/h14-17,19,21H,2-13,18H2,1H3. The summed E-state index contributed by atoms with van der Waals surface area (Å²) in [7, 11) is 0. The Morgan fingerprint density at radius 2 is 2.00 bits per heavy atom. The molecule has 0 bridgehead atoms. The minimum atomic E-state index is -0.162. The van der Waals surface area contributed by atoms with Crippen molar-refractivity contribution < 1.29 is 5.11 Å². The van der Waals surface area contributed by atoms with Gasteiger partial charge in [-0.1, -0.05) is 26.2 Å². The van der Waals surface area contributed by atoms with Gasteiger partial charge in [0.1, 0.15) is 0 Å². The molecule has 1 saturated carbocycles. The topological polar surface area (TPSA) is 61.5 Å². The van der Waals surface area contributed by atoms with E-state index in [9.17, 15) is 5.11 Å². The van der Waals surface area contributed by atoms with Gasteiger partial charge in [0.05, 0.1) is 6.10 Å². The number of rotatable bonds is 7. The smallest absolute Gasteiger partial charge is 0.0578 e. The second-order valence-electron chi connectivity index (χ2n) is 7.13. The predicted molar refractivity (Wildman–Crippen MR) is 88.3 cm³/mol. The third-order valence-electron chi connectivity index (χ3n) is 5.39. The van der Waals surface area contributed by atoms with Crippen LogP contribution in [0, 0.1) is 11.8 Å². The fourth-order valence-corrected chi connectivity index (χ4v) is 4.08. The van der Waals surface area contributed by atoms with Crippen molar-refractivity contribution >= 4 is 0 Å². The second-order valence-corrected chi connectivity index (χ2v) is 7.13. The molecule has 124 valence electrons. The molecule has 3 atom stereocenters. The molecular weight excluding hydrogens is 262 g/mol. The van der Waals surface area contributed by atoms with Crippen molar-refractivity contribution in [3.05, 3.63) is 0 Å². The molecule has 4 heteroatoms. The first-order chi connectivity index (χ1) is 10.2. The predicted octanol–water partition coefficient (Wildman–Crippen LogP) is 1.58. The van der Waals surface area contributed by atoms with Gasteiger partial charge in [0.2, 0.25) is 0 Å². The van der Waals surface area contributed by atoms with Gasteiger partial charge in [-0.15, -0.1) is 0 Å². The maximum atomic E-state index is 10.2. The van der Waals surface area contributed by atoms with Crippen LogP contribution < -0.4 is 11.1 Å². The number of aliphatic hydroxyl groups is 1. The van der Waals surface area contributed by atoms with E-state index in [0.29, 0.717) is 18.5 Å². The van der Waals surface area contributed by atoms with Crippen molar-refractivity contribution in [2.24, 2.45) is 17.6 Å². The molecule has 3 unspecified atom stereocenters. The van der Waals surface area contributed by atoms with Gasteiger partial charge in [0.15, 0.2) is 0 Å². The molecule has 1 saturated heterocycles. The first kappa shape index (κ1) is 17.2. The molecule has 0 aromatic heterocycles. The Kier molecular flexibility index (Phi) is 7.44. The third kappa shape index (κ3) is 5.51. The lowest BCUT2D eigenvalue weighted by atomic mass is 9.86. The van der Waals surface area contributed by atoms with Crippen molar-refractivity contribution in [2.75, 3.05) is 32.7 Å². The highest BCUT2D eigenvalue weighted by Crippen LogP contribution is 2.25. The van der Waals surface area contributed by atoms with E-state index in [1.54, 1.807) is 0 Å². The van der Waals surface area contributed by atoms with Crippen LogP contribution >= 0.6 is 0 Å². The van der Waals surface area contributed by atoms with Crippen LogP contribution in [0.3, 0.4) is 0 Å². The van der Waals surface area contributed by atoms with E-state index in [-0.39, 0.29) is 6.10 Å². The van der Waals surface area contributed by atoms with E-state index in [0.717, 1.165) is 44.9 Å². The van der Waals surface area contributed by atoms with Gasteiger partial charge in [-0.3, -0.25) is 0 Å². The molecule has 0 amide bonds. The summed E-state index contributed by atoms with van der Waals surface area (Å²) in [5.74, 6) is 1.28. The highest BCUT2D eigenvalue weighted by molar-refractivity contribution is 4.87. The summed E-state index contributed by atoms with van der Waals surface area (Å²) in [6.45, 7) is 7.01. The normalized spacial score (nSPS) is 30.4. The van der Waals surface area contributed by atoms with E-state index < -0.39 is 0 Å². The van der Waals surface area contributed by atoms with Gasteiger partial charge in [-0.05, 0) is 44.1 Å². The number of nitrogens with two attached hydrogens (primary N) is 1. The summed E-state index contributed by atoms with van der Waals surface area (Å²) in [5, 5.41) is 14.0. The average Bonchev–Trinajstić information content (AvgIpc) is 2.53. The number of nitrogens with one attached hydrogen (secondary N) is 1. The van der Waals surface area contributed by atoms with E-state index in [1.807, 2.05) is 0 Å². The monoisotopic (exact) mass is 297 g/mol. The number of piperidine rings is 1. The van der Waals surface area contributed by atoms with Crippen molar-refractivity contribution in [3.63, 3.8) is 0 Å². The van der Waals surface area contributed by atoms with Crippen LogP contribution in [0.1, 0.15) is 51.9 Å². The van der Waals surface area contributed by atoms with E-state index in [4.69, 9.17) is 5.73 Å². The van der Waals surface area contributed by atoms with E-state index in [2.05, 4.69) is 17.1 Å². The molecule has 0 radical (unpaired) electrons. The quantitative estimate of drug-likeness (QED) is 0.668. The number of nitrogens with zero attached hydrogens (tertiary/aromatic N) is 1. The summed E-state index contributed by atoms with van der Waals surface area (Å²) in [5.41, 5.74) is 5.73. The first-order valence-corrected chi connectivity index (χ1v) is 9.06. The van der Waals surface area contributed by atoms with Crippen LogP contribution in [-0.4, -0.2) is 54.9 Å². The molecule has 1 aliphatic heterocycles. The van der Waals surface area contributed by atoms with Crippen molar-refractivity contribution in [1.29, 1.82) is 0 Å². The van der Waals surface area contributed by atoms with Crippen molar-refractivity contribution in [3.8, 4) is 0 Å². The molecule has 0 aromatic rings. The Balaban J connectivity index is 1.81. The van der Waals surface area contributed by atoms with E-state index >= 15 is 0 Å². The van der Waals surface area contributed by atoms with Gasteiger partial charge >= 0.3 is 0 Å². The number of hydrogen-bond donors (Lipinski definition) is 3. The first-order valence-electron chi connectivity index (χ1n) is 9.06. The minimum Gasteiger partial charge on any atom is -0.393 e. The lowest BCUT2D eigenvalue weighted by Gasteiger charge is -2.40. The Labute approximate surface area is 130 Å². The zero-order valence-electron chi connectivity index (χ0n) is 13.8. The van der Waals surface area contributed by atoms with Gasteiger partial charge < -0.3 is 21.1 Å². The molecular formula is C17H35N3O. The molecule has 0 aromatic carbocycles. The van der Waals surface area contributed by atoms with E-state index in [1.165, 1.54) is 32.1 Å². The molecule has 2 fully saturated rings. The van der Waals surface area contributed by atoms with Crippen LogP contribution in [0.25, 0.3) is 0 Å². The summed E-state index contributed by atoms with van der Waals surface area (Å²) < 4.78 is 0. The van der Waals surface area contributed by atoms with Gasteiger partial charge in [0, 0.05) is 32.2 Å².